The van der Waals surface area contributed by atoms with E-state index in [4.69, 9.17) is 4.42 Å². The molecule has 1 aromatic carbocycles. The molecule has 25 heavy (non-hydrogen) atoms. The van der Waals surface area contributed by atoms with Gasteiger partial charge in [-0.05, 0) is 63.6 Å². The van der Waals surface area contributed by atoms with Crippen molar-refractivity contribution in [2.75, 3.05) is 6.54 Å². The summed E-state index contributed by atoms with van der Waals surface area (Å²) >= 11 is 0. The van der Waals surface area contributed by atoms with E-state index in [1.807, 2.05) is 26.8 Å². The number of hydrogen-bond acceptors (Lipinski definition) is 5. The summed E-state index contributed by atoms with van der Waals surface area (Å²) in [5.41, 5.74) is 2.39. The van der Waals surface area contributed by atoms with Gasteiger partial charge >= 0.3 is 5.63 Å². The topological polar surface area (TPSA) is 82.7 Å². The van der Waals surface area contributed by atoms with Crippen molar-refractivity contribution in [2.45, 2.75) is 64.2 Å². The minimum atomic E-state index is -1.04. The Morgan fingerprint density at radius 2 is 1.84 bits per heavy atom. The molecule has 136 valence electrons. The molecule has 3 N–H and O–H groups in total. The van der Waals surface area contributed by atoms with Gasteiger partial charge in [0.1, 0.15) is 11.7 Å². The van der Waals surface area contributed by atoms with Crippen LogP contribution in [0.3, 0.4) is 0 Å². The van der Waals surface area contributed by atoms with Crippen molar-refractivity contribution in [3.8, 4) is 0 Å². The molecule has 0 amide bonds. The van der Waals surface area contributed by atoms with Crippen LogP contribution in [0.5, 0.6) is 0 Å². The Labute approximate surface area is 147 Å². The predicted molar refractivity (Wildman–Crippen MR) is 97.8 cm³/mol. The predicted octanol–water partition coefficient (Wildman–Crippen LogP) is 2.45. The van der Waals surface area contributed by atoms with E-state index in [1.54, 1.807) is 12.1 Å². The molecule has 2 aromatic rings. The van der Waals surface area contributed by atoms with Crippen LogP contribution in [0, 0.1) is 0 Å². The smallest absolute Gasteiger partial charge is 0.339 e. The Morgan fingerprint density at radius 1 is 1.16 bits per heavy atom. The second-order valence-electron chi connectivity index (χ2n) is 7.92. The average Bonchev–Trinajstić information content (AvgIpc) is 2.58. The fraction of sp³-hybridized carbons (Fsp3) is 0.550. The third-order valence-electron chi connectivity index (χ3n) is 4.80. The SMILES string of the molecule is CC(C)(C)NCC(O)C(O)c1cccc2oc(=O)c3c(c12)CCCC3. The summed E-state index contributed by atoms with van der Waals surface area (Å²) in [5, 5.41) is 25.2. The molecule has 0 fully saturated rings. The molecule has 0 saturated carbocycles. The molecular formula is C20H27NO4. The van der Waals surface area contributed by atoms with Gasteiger partial charge in [0.15, 0.2) is 0 Å². The second kappa shape index (κ2) is 6.90. The molecular weight excluding hydrogens is 318 g/mol. The Morgan fingerprint density at radius 3 is 2.52 bits per heavy atom. The first-order valence-corrected chi connectivity index (χ1v) is 8.96. The third-order valence-corrected chi connectivity index (χ3v) is 4.80. The highest BCUT2D eigenvalue weighted by Gasteiger charge is 2.26. The molecule has 0 radical (unpaired) electrons. The maximum Gasteiger partial charge on any atom is 0.339 e. The fourth-order valence-electron chi connectivity index (χ4n) is 3.50. The number of aliphatic hydroxyl groups is 2. The largest absolute Gasteiger partial charge is 0.422 e. The summed E-state index contributed by atoms with van der Waals surface area (Å²) in [6, 6.07) is 5.31. The molecule has 5 nitrogen and oxygen atoms in total. The van der Waals surface area contributed by atoms with E-state index in [2.05, 4.69) is 5.32 Å². The molecule has 5 heteroatoms. The molecule has 1 aromatic heterocycles. The molecule has 1 aliphatic rings. The minimum Gasteiger partial charge on any atom is -0.422 e. The highest BCUT2D eigenvalue weighted by atomic mass is 16.4. The highest BCUT2D eigenvalue weighted by molar-refractivity contribution is 5.85. The number of aryl methyl sites for hydroxylation is 1. The quantitative estimate of drug-likeness (QED) is 0.742. The standard InChI is InChI=1S/C20H27NO4/c1-20(2,3)21-11-15(22)18(23)14-9-6-10-16-17(14)12-7-4-5-8-13(12)19(24)25-16/h6,9-10,15,18,21-23H,4-5,7-8,11H2,1-3H3. The van der Waals surface area contributed by atoms with Crippen LogP contribution in [-0.2, 0) is 12.8 Å². The molecule has 1 aliphatic carbocycles. The van der Waals surface area contributed by atoms with Gasteiger partial charge in [0, 0.05) is 23.0 Å². The first kappa shape index (κ1) is 18.1. The van der Waals surface area contributed by atoms with E-state index in [0.29, 0.717) is 17.6 Å². The lowest BCUT2D eigenvalue weighted by molar-refractivity contribution is 0.0166. The van der Waals surface area contributed by atoms with Gasteiger partial charge in [-0.25, -0.2) is 4.79 Å². The van der Waals surface area contributed by atoms with E-state index < -0.39 is 12.2 Å². The summed E-state index contributed by atoms with van der Waals surface area (Å²) in [6.07, 6.45) is 1.52. The Balaban J connectivity index is 2.03. The van der Waals surface area contributed by atoms with Crippen molar-refractivity contribution in [2.24, 2.45) is 0 Å². The van der Waals surface area contributed by atoms with E-state index >= 15 is 0 Å². The van der Waals surface area contributed by atoms with Crippen molar-refractivity contribution < 1.29 is 14.6 Å². The molecule has 1 heterocycles. The zero-order valence-electron chi connectivity index (χ0n) is 15.1. The van der Waals surface area contributed by atoms with Gasteiger partial charge < -0.3 is 19.9 Å². The lowest BCUT2D eigenvalue weighted by atomic mass is 9.87. The number of aliphatic hydroxyl groups excluding tert-OH is 2. The molecule has 0 saturated heterocycles. The van der Waals surface area contributed by atoms with Gasteiger partial charge in [0.2, 0.25) is 0 Å². The summed E-state index contributed by atoms with van der Waals surface area (Å²) in [5.74, 6) is 0. The zero-order valence-corrected chi connectivity index (χ0v) is 15.1. The summed E-state index contributed by atoms with van der Waals surface area (Å²) in [7, 11) is 0. The first-order valence-electron chi connectivity index (χ1n) is 8.96. The monoisotopic (exact) mass is 345 g/mol. The Bertz CT molecular complexity index is 819. The average molecular weight is 345 g/mol. The first-order chi connectivity index (χ1) is 11.8. The van der Waals surface area contributed by atoms with Crippen LogP contribution in [-0.4, -0.2) is 28.4 Å². The minimum absolute atomic E-state index is 0.147. The number of β-amino-alcohol motifs (C(OH)–C–C–N with tert-alkyl or cyclic N) is 1. The highest BCUT2D eigenvalue weighted by Crippen LogP contribution is 2.33. The van der Waals surface area contributed by atoms with Crippen LogP contribution in [0.4, 0.5) is 0 Å². The van der Waals surface area contributed by atoms with Crippen LogP contribution in [0.2, 0.25) is 0 Å². The molecule has 2 unspecified atom stereocenters. The zero-order chi connectivity index (χ0) is 18.2. The van der Waals surface area contributed by atoms with E-state index in [9.17, 15) is 15.0 Å². The van der Waals surface area contributed by atoms with E-state index in [-0.39, 0.29) is 17.7 Å². The van der Waals surface area contributed by atoms with Gasteiger partial charge in [-0.15, -0.1) is 0 Å². The Kier molecular flexibility index (Phi) is 5.00. The summed E-state index contributed by atoms with van der Waals surface area (Å²) in [4.78, 5) is 12.2. The summed E-state index contributed by atoms with van der Waals surface area (Å²) in [6.45, 7) is 6.30. The van der Waals surface area contributed by atoms with Crippen molar-refractivity contribution in [1.29, 1.82) is 0 Å². The number of hydrogen-bond donors (Lipinski definition) is 3. The van der Waals surface area contributed by atoms with Gasteiger partial charge in [0.05, 0.1) is 6.10 Å². The molecule has 0 spiro atoms. The molecule has 0 bridgehead atoms. The molecule has 0 aliphatic heterocycles. The van der Waals surface area contributed by atoms with Crippen LogP contribution in [0.25, 0.3) is 11.0 Å². The van der Waals surface area contributed by atoms with Crippen molar-refractivity contribution in [3.63, 3.8) is 0 Å². The van der Waals surface area contributed by atoms with Gasteiger partial charge in [-0.3, -0.25) is 0 Å². The van der Waals surface area contributed by atoms with Crippen molar-refractivity contribution >= 4 is 11.0 Å². The van der Waals surface area contributed by atoms with E-state index in [0.717, 1.165) is 35.8 Å². The summed E-state index contributed by atoms with van der Waals surface area (Å²) < 4.78 is 5.48. The third kappa shape index (κ3) is 3.78. The van der Waals surface area contributed by atoms with Crippen molar-refractivity contribution in [3.05, 3.63) is 45.3 Å². The maximum atomic E-state index is 12.2. The van der Waals surface area contributed by atoms with Crippen LogP contribution in [0.1, 0.15) is 56.4 Å². The number of rotatable bonds is 4. The van der Waals surface area contributed by atoms with Gasteiger partial charge in [-0.1, -0.05) is 12.1 Å². The number of benzene rings is 1. The Hall–Kier alpha value is -1.69. The maximum absolute atomic E-state index is 12.2. The molecule has 3 rings (SSSR count). The van der Waals surface area contributed by atoms with Crippen LogP contribution in [0.15, 0.2) is 27.4 Å². The lowest BCUT2D eigenvalue weighted by Gasteiger charge is -2.26. The van der Waals surface area contributed by atoms with Gasteiger partial charge in [-0.2, -0.15) is 0 Å². The van der Waals surface area contributed by atoms with E-state index in [1.165, 1.54) is 0 Å². The number of nitrogens with one attached hydrogen (secondary N) is 1. The van der Waals surface area contributed by atoms with Crippen LogP contribution < -0.4 is 10.9 Å². The number of fused-ring (bicyclic) bond motifs is 3. The second-order valence-corrected chi connectivity index (χ2v) is 7.92. The molecule has 2 atom stereocenters. The van der Waals surface area contributed by atoms with Gasteiger partial charge in [0.25, 0.3) is 0 Å². The van der Waals surface area contributed by atoms with Crippen molar-refractivity contribution in [1.82, 2.24) is 5.32 Å². The normalized spacial score (nSPS) is 17.3. The fourth-order valence-corrected chi connectivity index (χ4v) is 3.50. The lowest BCUT2D eigenvalue weighted by Crippen LogP contribution is -2.42. The van der Waals surface area contributed by atoms with Crippen LogP contribution >= 0.6 is 0 Å².